The number of rotatable bonds is 6. The minimum absolute atomic E-state index is 0.0141. The highest BCUT2D eigenvalue weighted by atomic mass is 35.5. The highest BCUT2D eigenvalue weighted by Gasteiger charge is 2.23. The molecule has 0 spiro atoms. The second-order valence-corrected chi connectivity index (χ2v) is 6.61. The SMILES string of the molecule is NC(=O)[C@H]1CCCN(Cc2ccc(NCc3ccc(Cl)o3)cc2)C1. The third-order valence-electron chi connectivity index (χ3n) is 4.36. The van der Waals surface area contributed by atoms with Crippen LogP contribution in [0.4, 0.5) is 5.69 Å². The number of carbonyl (C=O) groups excluding carboxylic acids is 1. The largest absolute Gasteiger partial charge is 0.448 e. The number of hydrogen-bond acceptors (Lipinski definition) is 4. The van der Waals surface area contributed by atoms with Crippen molar-refractivity contribution in [2.75, 3.05) is 18.4 Å². The number of furan rings is 1. The average molecular weight is 348 g/mol. The van der Waals surface area contributed by atoms with Crippen molar-refractivity contribution in [1.82, 2.24) is 4.90 Å². The van der Waals surface area contributed by atoms with E-state index < -0.39 is 0 Å². The molecule has 5 nitrogen and oxygen atoms in total. The molecule has 0 bridgehead atoms. The van der Waals surface area contributed by atoms with Gasteiger partial charge in [-0.1, -0.05) is 12.1 Å². The van der Waals surface area contributed by atoms with Gasteiger partial charge in [0.05, 0.1) is 12.5 Å². The Bertz CT molecular complexity index is 684. The van der Waals surface area contributed by atoms with Crippen molar-refractivity contribution in [2.45, 2.75) is 25.9 Å². The normalized spacial score (nSPS) is 18.5. The molecule has 0 saturated carbocycles. The zero-order chi connectivity index (χ0) is 16.9. The molecule has 1 aromatic heterocycles. The van der Waals surface area contributed by atoms with Crippen molar-refractivity contribution in [3.8, 4) is 0 Å². The number of benzene rings is 1. The van der Waals surface area contributed by atoms with Crippen molar-refractivity contribution in [2.24, 2.45) is 11.7 Å². The van der Waals surface area contributed by atoms with E-state index in [2.05, 4.69) is 34.5 Å². The van der Waals surface area contributed by atoms with Crippen LogP contribution >= 0.6 is 11.6 Å². The topological polar surface area (TPSA) is 71.5 Å². The Kier molecular flexibility index (Phi) is 5.43. The molecule has 6 heteroatoms. The summed E-state index contributed by atoms with van der Waals surface area (Å²) >= 11 is 5.76. The second-order valence-electron chi connectivity index (χ2n) is 6.23. The quantitative estimate of drug-likeness (QED) is 0.841. The van der Waals surface area contributed by atoms with Gasteiger partial charge in [0.2, 0.25) is 5.91 Å². The van der Waals surface area contributed by atoms with Gasteiger partial charge in [0.1, 0.15) is 5.76 Å². The molecule has 3 N–H and O–H groups in total. The summed E-state index contributed by atoms with van der Waals surface area (Å²) in [5, 5.41) is 3.70. The maximum Gasteiger partial charge on any atom is 0.221 e. The van der Waals surface area contributed by atoms with Gasteiger partial charge in [-0.15, -0.1) is 0 Å². The number of primary amides is 1. The van der Waals surface area contributed by atoms with Crippen LogP contribution in [0.15, 0.2) is 40.8 Å². The van der Waals surface area contributed by atoms with Gasteiger partial charge in [-0.2, -0.15) is 0 Å². The van der Waals surface area contributed by atoms with Crippen LogP contribution in [-0.4, -0.2) is 23.9 Å². The lowest BCUT2D eigenvalue weighted by atomic mass is 9.97. The molecule has 24 heavy (non-hydrogen) atoms. The molecular formula is C18H22ClN3O2. The Morgan fingerprint density at radius 2 is 2.08 bits per heavy atom. The van der Waals surface area contributed by atoms with Gasteiger partial charge < -0.3 is 15.5 Å². The molecule has 1 fully saturated rings. The molecular weight excluding hydrogens is 326 g/mol. The molecule has 2 heterocycles. The summed E-state index contributed by atoms with van der Waals surface area (Å²) in [7, 11) is 0. The van der Waals surface area contributed by atoms with E-state index in [0.717, 1.165) is 43.9 Å². The van der Waals surface area contributed by atoms with E-state index >= 15 is 0 Å². The highest BCUT2D eigenvalue weighted by Crippen LogP contribution is 2.20. The average Bonchev–Trinajstić information content (AvgIpc) is 3.00. The zero-order valence-corrected chi connectivity index (χ0v) is 14.3. The van der Waals surface area contributed by atoms with E-state index in [1.807, 2.05) is 6.07 Å². The summed E-state index contributed by atoms with van der Waals surface area (Å²) in [6, 6.07) is 11.9. The van der Waals surface area contributed by atoms with Crippen LogP contribution in [0, 0.1) is 5.92 Å². The van der Waals surface area contributed by atoms with Crippen molar-refractivity contribution in [1.29, 1.82) is 0 Å². The summed E-state index contributed by atoms with van der Waals surface area (Å²) in [4.78, 5) is 13.7. The molecule has 0 radical (unpaired) electrons. The van der Waals surface area contributed by atoms with E-state index in [4.69, 9.17) is 21.8 Å². The fraction of sp³-hybridized carbons (Fsp3) is 0.389. The third kappa shape index (κ3) is 4.52. The van der Waals surface area contributed by atoms with Crippen molar-refractivity contribution >= 4 is 23.2 Å². The minimum Gasteiger partial charge on any atom is -0.448 e. The lowest BCUT2D eigenvalue weighted by molar-refractivity contribution is -0.123. The molecule has 1 aliphatic rings. The number of nitrogens with two attached hydrogens (primary N) is 1. The summed E-state index contributed by atoms with van der Waals surface area (Å²) in [5.74, 6) is 0.604. The van der Waals surface area contributed by atoms with Crippen LogP contribution in [0.2, 0.25) is 5.22 Å². The number of carbonyl (C=O) groups is 1. The smallest absolute Gasteiger partial charge is 0.221 e. The fourth-order valence-electron chi connectivity index (χ4n) is 3.05. The Labute approximate surface area is 146 Å². The van der Waals surface area contributed by atoms with E-state index in [1.165, 1.54) is 5.56 Å². The van der Waals surface area contributed by atoms with Crippen molar-refractivity contribution < 1.29 is 9.21 Å². The van der Waals surface area contributed by atoms with Crippen LogP contribution in [0.5, 0.6) is 0 Å². The van der Waals surface area contributed by atoms with Gasteiger partial charge in [0, 0.05) is 18.8 Å². The van der Waals surface area contributed by atoms with Crippen molar-refractivity contribution in [3.05, 3.63) is 52.9 Å². The first kappa shape index (κ1) is 16.9. The molecule has 1 saturated heterocycles. The number of hydrogen-bond donors (Lipinski definition) is 2. The van der Waals surface area contributed by atoms with Gasteiger partial charge in [-0.3, -0.25) is 9.69 Å². The molecule has 2 aromatic rings. The van der Waals surface area contributed by atoms with E-state index in [0.29, 0.717) is 11.8 Å². The van der Waals surface area contributed by atoms with E-state index in [9.17, 15) is 4.79 Å². The number of amides is 1. The Hall–Kier alpha value is -1.98. The number of halogens is 1. The second kappa shape index (κ2) is 7.73. The highest BCUT2D eigenvalue weighted by molar-refractivity contribution is 6.28. The first-order valence-corrected chi connectivity index (χ1v) is 8.56. The summed E-state index contributed by atoms with van der Waals surface area (Å²) in [6.45, 7) is 3.22. The monoisotopic (exact) mass is 347 g/mol. The molecule has 1 amide bonds. The lowest BCUT2D eigenvalue weighted by Gasteiger charge is -2.31. The van der Waals surface area contributed by atoms with Crippen LogP contribution in [0.25, 0.3) is 0 Å². The van der Waals surface area contributed by atoms with Gasteiger partial charge in [0.15, 0.2) is 5.22 Å². The summed E-state index contributed by atoms with van der Waals surface area (Å²) in [6.07, 6.45) is 1.93. The first-order chi connectivity index (χ1) is 11.6. The van der Waals surface area contributed by atoms with Gasteiger partial charge in [-0.05, 0) is 60.8 Å². The zero-order valence-electron chi connectivity index (χ0n) is 13.5. The van der Waals surface area contributed by atoms with Crippen LogP contribution in [0.3, 0.4) is 0 Å². The lowest BCUT2D eigenvalue weighted by Crippen LogP contribution is -2.40. The fourth-order valence-corrected chi connectivity index (χ4v) is 3.22. The van der Waals surface area contributed by atoms with E-state index in [-0.39, 0.29) is 11.8 Å². The van der Waals surface area contributed by atoms with Crippen molar-refractivity contribution in [3.63, 3.8) is 0 Å². The number of nitrogens with one attached hydrogen (secondary N) is 1. The van der Waals surface area contributed by atoms with Gasteiger partial charge in [-0.25, -0.2) is 0 Å². The predicted molar refractivity (Wildman–Crippen MR) is 94.7 cm³/mol. The molecule has 0 aliphatic carbocycles. The summed E-state index contributed by atoms with van der Waals surface area (Å²) < 4.78 is 5.32. The number of nitrogens with zero attached hydrogens (tertiary/aromatic N) is 1. The van der Waals surface area contributed by atoms with Gasteiger partial charge >= 0.3 is 0 Å². The number of likely N-dealkylation sites (tertiary alicyclic amines) is 1. The maximum atomic E-state index is 11.4. The van der Waals surface area contributed by atoms with Crippen LogP contribution in [0.1, 0.15) is 24.2 Å². The Morgan fingerprint density at radius 1 is 1.29 bits per heavy atom. The van der Waals surface area contributed by atoms with E-state index in [1.54, 1.807) is 6.07 Å². The number of piperidine rings is 1. The first-order valence-electron chi connectivity index (χ1n) is 8.19. The molecule has 1 atom stereocenters. The van der Waals surface area contributed by atoms with Gasteiger partial charge in [0.25, 0.3) is 0 Å². The molecule has 3 rings (SSSR count). The van der Waals surface area contributed by atoms with Crippen LogP contribution in [-0.2, 0) is 17.9 Å². The Morgan fingerprint density at radius 3 is 2.75 bits per heavy atom. The molecule has 0 unspecified atom stereocenters. The minimum atomic E-state index is -0.183. The molecule has 128 valence electrons. The summed E-state index contributed by atoms with van der Waals surface area (Å²) in [5.41, 5.74) is 7.69. The number of anilines is 1. The predicted octanol–water partition coefficient (Wildman–Crippen LogP) is 3.24. The third-order valence-corrected chi connectivity index (χ3v) is 4.57. The maximum absolute atomic E-state index is 11.4. The Balaban J connectivity index is 1.51. The molecule has 1 aromatic carbocycles. The van der Waals surface area contributed by atoms with Crippen LogP contribution < -0.4 is 11.1 Å². The molecule has 1 aliphatic heterocycles. The standard InChI is InChI=1S/C18H22ClN3O2/c19-17-8-7-16(24-17)10-21-15-5-3-13(4-6-15)11-22-9-1-2-14(12-22)18(20)23/h3-8,14,21H,1-2,9-12H2,(H2,20,23)/t14-/m0/s1.